The first-order valence-corrected chi connectivity index (χ1v) is 11.5. The molecule has 10 nitrogen and oxygen atoms in total. The van der Waals surface area contributed by atoms with Crippen molar-refractivity contribution in [3.8, 4) is 17.1 Å². The highest BCUT2D eigenvalue weighted by Gasteiger charge is 2.15. The van der Waals surface area contributed by atoms with Crippen molar-refractivity contribution in [2.75, 3.05) is 5.32 Å². The average Bonchev–Trinajstić information content (AvgIpc) is 3.50. The van der Waals surface area contributed by atoms with E-state index in [9.17, 15) is 9.59 Å². The Bertz CT molecular complexity index is 1580. The summed E-state index contributed by atoms with van der Waals surface area (Å²) in [5.41, 5.74) is 7.46. The lowest BCUT2D eigenvalue weighted by Crippen LogP contribution is -2.45. The van der Waals surface area contributed by atoms with Crippen molar-refractivity contribution in [3.63, 3.8) is 0 Å². The highest BCUT2D eigenvalue weighted by Crippen LogP contribution is 2.28. The minimum absolute atomic E-state index is 0.231. The van der Waals surface area contributed by atoms with Gasteiger partial charge in [-0.1, -0.05) is 53.5 Å². The fraction of sp³-hybridized carbons (Fsp3) is 0.0417. The Morgan fingerprint density at radius 3 is 2.47 bits per heavy atom. The molecule has 0 aliphatic carbocycles. The Kier molecular flexibility index (Phi) is 6.52. The highest BCUT2D eigenvalue weighted by molar-refractivity contribution is 6.33. The fourth-order valence-corrected chi connectivity index (χ4v) is 4.12. The molecular formula is C24H18Cl2N8O2. The normalized spacial score (nSPS) is 10.8. The molecule has 2 aromatic heterocycles. The molecule has 5 aromatic rings. The van der Waals surface area contributed by atoms with E-state index in [2.05, 4.69) is 31.7 Å². The summed E-state index contributed by atoms with van der Waals surface area (Å²) in [6.45, 7) is -0.231. The SMILES string of the molecule is O=C(Cn1nnnc1-c1ccccc1Cl)NNC(=O)Nc1ccc2ccn(-c3ccccc3Cl)c2c1. The van der Waals surface area contributed by atoms with E-state index < -0.39 is 11.9 Å². The standard InChI is InChI=1S/C24H18Cl2N8O2/c25-18-6-2-1-5-17(18)23-29-31-32-34(23)14-22(35)28-30-24(36)27-16-10-9-15-11-12-33(21(15)13-16)20-8-4-3-7-19(20)26/h1-13H,14H2,(H,28,35)(H2,27,30,36). The van der Waals surface area contributed by atoms with Crippen LogP contribution in [0.5, 0.6) is 0 Å². The number of benzene rings is 3. The number of hydrogen-bond acceptors (Lipinski definition) is 5. The van der Waals surface area contributed by atoms with Crippen LogP contribution in [-0.4, -0.2) is 36.7 Å². The van der Waals surface area contributed by atoms with Crippen LogP contribution in [0.4, 0.5) is 10.5 Å². The zero-order chi connectivity index (χ0) is 25.1. The van der Waals surface area contributed by atoms with Crippen LogP contribution < -0.4 is 16.2 Å². The number of aromatic nitrogens is 5. The molecule has 2 heterocycles. The van der Waals surface area contributed by atoms with Crippen LogP contribution >= 0.6 is 23.2 Å². The highest BCUT2D eigenvalue weighted by atomic mass is 35.5. The molecule has 36 heavy (non-hydrogen) atoms. The van der Waals surface area contributed by atoms with E-state index in [1.807, 2.05) is 53.2 Å². The molecule has 0 radical (unpaired) electrons. The summed E-state index contributed by atoms with van der Waals surface area (Å²) in [5.74, 6) is -0.205. The van der Waals surface area contributed by atoms with Crippen molar-refractivity contribution in [1.82, 2.24) is 35.6 Å². The van der Waals surface area contributed by atoms with Crippen LogP contribution in [0, 0.1) is 0 Å². The maximum absolute atomic E-state index is 12.4. The van der Waals surface area contributed by atoms with Gasteiger partial charge in [-0.2, -0.15) is 0 Å². The van der Waals surface area contributed by atoms with Gasteiger partial charge in [-0.25, -0.2) is 14.9 Å². The van der Waals surface area contributed by atoms with E-state index in [-0.39, 0.29) is 6.54 Å². The number of urea groups is 1. The van der Waals surface area contributed by atoms with Gasteiger partial charge in [-0.05, 0) is 52.9 Å². The van der Waals surface area contributed by atoms with Gasteiger partial charge in [0.2, 0.25) is 0 Å². The zero-order valence-electron chi connectivity index (χ0n) is 18.5. The molecule has 12 heteroatoms. The first-order valence-electron chi connectivity index (χ1n) is 10.7. The predicted octanol–water partition coefficient (Wildman–Crippen LogP) is 4.44. The van der Waals surface area contributed by atoms with Crippen molar-refractivity contribution >= 4 is 51.7 Å². The van der Waals surface area contributed by atoms with Crippen LogP contribution in [0.3, 0.4) is 0 Å². The Morgan fingerprint density at radius 2 is 1.67 bits per heavy atom. The lowest BCUT2D eigenvalue weighted by atomic mass is 10.2. The molecule has 0 aliphatic rings. The summed E-state index contributed by atoms with van der Waals surface area (Å²) >= 11 is 12.6. The van der Waals surface area contributed by atoms with Crippen LogP contribution in [0.25, 0.3) is 28.0 Å². The number of para-hydroxylation sites is 1. The second kappa shape index (κ2) is 10.1. The molecule has 5 rings (SSSR count). The van der Waals surface area contributed by atoms with Gasteiger partial charge in [0.15, 0.2) is 5.82 Å². The molecule has 3 aromatic carbocycles. The molecule has 180 valence electrons. The number of amides is 3. The summed E-state index contributed by atoms with van der Waals surface area (Å²) in [6, 6.07) is 21.3. The van der Waals surface area contributed by atoms with Gasteiger partial charge < -0.3 is 9.88 Å². The molecule has 0 unspecified atom stereocenters. The van der Waals surface area contributed by atoms with Crippen LogP contribution in [0.15, 0.2) is 79.0 Å². The maximum atomic E-state index is 12.4. The number of hydrogen-bond donors (Lipinski definition) is 3. The smallest absolute Gasteiger partial charge is 0.315 e. The quantitative estimate of drug-likeness (QED) is 0.296. The van der Waals surface area contributed by atoms with E-state index in [0.29, 0.717) is 27.1 Å². The number of nitrogens with zero attached hydrogens (tertiary/aromatic N) is 5. The number of nitrogens with one attached hydrogen (secondary N) is 3. The Morgan fingerprint density at radius 1 is 0.889 bits per heavy atom. The Labute approximate surface area is 214 Å². The third kappa shape index (κ3) is 4.85. The monoisotopic (exact) mass is 520 g/mol. The van der Waals surface area contributed by atoms with Gasteiger partial charge in [0.1, 0.15) is 6.54 Å². The molecule has 0 fully saturated rings. The molecule has 3 amide bonds. The van der Waals surface area contributed by atoms with Crippen LogP contribution in [0.1, 0.15) is 0 Å². The van der Waals surface area contributed by atoms with Gasteiger partial charge in [0.05, 0.1) is 21.2 Å². The minimum Gasteiger partial charge on any atom is -0.315 e. The van der Waals surface area contributed by atoms with E-state index in [1.165, 1.54) is 4.68 Å². The summed E-state index contributed by atoms with van der Waals surface area (Å²) < 4.78 is 3.22. The largest absolute Gasteiger partial charge is 0.337 e. The summed E-state index contributed by atoms with van der Waals surface area (Å²) in [7, 11) is 0. The lowest BCUT2D eigenvalue weighted by Gasteiger charge is -2.11. The van der Waals surface area contributed by atoms with Gasteiger partial charge in [-0.15, -0.1) is 5.10 Å². The number of fused-ring (bicyclic) bond motifs is 1. The summed E-state index contributed by atoms with van der Waals surface area (Å²) in [6.07, 6.45) is 1.91. The second-order valence-electron chi connectivity index (χ2n) is 7.68. The van der Waals surface area contributed by atoms with Gasteiger partial charge >= 0.3 is 6.03 Å². The van der Waals surface area contributed by atoms with Gasteiger partial charge in [0.25, 0.3) is 5.91 Å². The first kappa shape index (κ1) is 23.3. The summed E-state index contributed by atoms with van der Waals surface area (Å²) in [4.78, 5) is 24.8. The van der Waals surface area contributed by atoms with E-state index in [0.717, 1.165) is 16.6 Å². The van der Waals surface area contributed by atoms with E-state index in [1.54, 1.807) is 30.3 Å². The molecule has 0 aliphatic heterocycles. The van der Waals surface area contributed by atoms with Crippen LogP contribution in [-0.2, 0) is 11.3 Å². The molecule has 0 spiro atoms. The number of tetrazole rings is 1. The van der Waals surface area contributed by atoms with Crippen molar-refractivity contribution in [1.29, 1.82) is 0 Å². The lowest BCUT2D eigenvalue weighted by molar-refractivity contribution is -0.122. The number of rotatable bonds is 5. The average molecular weight is 521 g/mol. The molecule has 0 saturated carbocycles. The number of carbonyl (C=O) groups is 2. The topological polar surface area (TPSA) is 119 Å². The predicted molar refractivity (Wildman–Crippen MR) is 137 cm³/mol. The van der Waals surface area contributed by atoms with E-state index >= 15 is 0 Å². The zero-order valence-corrected chi connectivity index (χ0v) is 20.0. The number of anilines is 1. The number of hydrazine groups is 1. The van der Waals surface area contributed by atoms with E-state index in [4.69, 9.17) is 23.2 Å². The van der Waals surface area contributed by atoms with Crippen molar-refractivity contribution in [3.05, 3.63) is 89.0 Å². The van der Waals surface area contributed by atoms with Gasteiger partial charge in [-0.3, -0.25) is 10.2 Å². The van der Waals surface area contributed by atoms with Crippen molar-refractivity contribution in [2.24, 2.45) is 0 Å². The molecule has 3 N–H and O–H groups in total. The third-order valence-electron chi connectivity index (χ3n) is 5.32. The first-order chi connectivity index (χ1) is 17.5. The van der Waals surface area contributed by atoms with Crippen LogP contribution in [0.2, 0.25) is 10.0 Å². The fourth-order valence-electron chi connectivity index (χ4n) is 3.67. The second-order valence-corrected chi connectivity index (χ2v) is 8.49. The molecule has 0 atom stereocenters. The maximum Gasteiger partial charge on any atom is 0.337 e. The molecule has 0 bridgehead atoms. The third-order valence-corrected chi connectivity index (χ3v) is 5.97. The molecular weight excluding hydrogens is 503 g/mol. The summed E-state index contributed by atoms with van der Waals surface area (Å²) in [5, 5.41) is 16.1. The molecule has 0 saturated heterocycles. The minimum atomic E-state index is -0.624. The number of halogens is 2. The Hall–Kier alpha value is -4.41. The van der Waals surface area contributed by atoms with Gasteiger partial charge in [0, 0.05) is 22.8 Å². The Balaban J connectivity index is 1.23. The van der Waals surface area contributed by atoms with Crippen molar-refractivity contribution in [2.45, 2.75) is 6.54 Å². The number of carbonyl (C=O) groups excluding carboxylic acids is 2. The van der Waals surface area contributed by atoms with Crippen molar-refractivity contribution < 1.29 is 9.59 Å².